The Bertz CT molecular complexity index is 3710. The summed E-state index contributed by atoms with van der Waals surface area (Å²) in [5.41, 5.74) is -3.05. The van der Waals surface area contributed by atoms with Crippen molar-refractivity contribution in [2.45, 2.75) is 24.5 Å². The normalized spacial score (nSPS) is 13.2. The Balaban J connectivity index is 1.31. The molecular weight excluding hydrogens is 979 g/mol. The van der Waals surface area contributed by atoms with Crippen molar-refractivity contribution >= 4 is 113 Å². The summed E-state index contributed by atoms with van der Waals surface area (Å²) < 4.78 is 169. The lowest BCUT2D eigenvalue weighted by atomic mass is 10.1. The Labute approximate surface area is 371 Å². The molecule has 0 radical (unpaired) electrons. The lowest BCUT2D eigenvalue weighted by molar-refractivity contribution is -0.385. The minimum atomic E-state index is -5.24. The fraction of sp³-hybridized carbons (Fsp3) is 0. The molecule has 0 unspecified atom stereocenters. The van der Waals surface area contributed by atoms with Gasteiger partial charge < -0.3 is 5.11 Å². The van der Waals surface area contributed by atoms with Gasteiger partial charge in [0.05, 0.1) is 32.6 Å². The van der Waals surface area contributed by atoms with Gasteiger partial charge in [-0.15, -0.1) is 10.2 Å². The van der Waals surface area contributed by atoms with E-state index in [1.54, 1.807) is 0 Å². The van der Waals surface area contributed by atoms with E-state index in [9.17, 15) is 75.5 Å². The molecular formula is C36H25N7O18S5. The molecule has 0 fully saturated rings. The molecule has 0 spiro atoms. The van der Waals surface area contributed by atoms with E-state index in [0.717, 1.165) is 72.8 Å². The minimum absolute atomic E-state index is 0.0593. The van der Waals surface area contributed by atoms with Crippen molar-refractivity contribution in [3.8, 4) is 5.75 Å². The predicted molar refractivity (Wildman–Crippen MR) is 229 cm³/mol. The van der Waals surface area contributed by atoms with Crippen molar-refractivity contribution in [1.29, 1.82) is 0 Å². The third-order valence-corrected chi connectivity index (χ3v) is 13.1. The van der Waals surface area contributed by atoms with Crippen LogP contribution in [0.1, 0.15) is 11.1 Å². The summed E-state index contributed by atoms with van der Waals surface area (Å²) in [7, 11) is -24.8. The number of non-ortho nitro benzene ring substituents is 1. The first-order valence-corrected chi connectivity index (χ1v) is 24.6. The van der Waals surface area contributed by atoms with Crippen LogP contribution in [0.25, 0.3) is 22.9 Å². The molecule has 0 heterocycles. The van der Waals surface area contributed by atoms with Crippen LogP contribution >= 0.6 is 0 Å². The summed E-state index contributed by atoms with van der Waals surface area (Å²) >= 11 is 0. The first-order valence-electron chi connectivity index (χ1n) is 17.4. The monoisotopic (exact) mass is 1000 g/mol. The van der Waals surface area contributed by atoms with Crippen LogP contribution in [-0.4, -0.2) is 74.9 Å². The topological polar surface area (TPSA) is 409 Å². The Kier molecular flexibility index (Phi) is 13.2. The maximum Gasteiger partial charge on any atom is 0.296 e. The number of nitro groups is 1. The van der Waals surface area contributed by atoms with Gasteiger partial charge in [-0.3, -0.25) is 32.9 Å². The largest absolute Gasteiger partial charge is 0.505 e. The molecule has 0 saturated heterocycles. The lowest BCUT2D eigenvalue weighted by Gasteiger charge is -2.09. The van der Waals surface area contributed by atoms with Crippen molar-refractivity contribution in [3.05, 3.63) is 124 Å². The molecule has 6 aromatic carbocycles. The summed E-state index contributed by atoms with van der Waals surface area (Å²) in [6.45, 7) is 0. The molecule has 342 valence electrons. The van der Waals surface area contributed by atoms with Crippen molar-refractivity contribution in [3.63, 3.8) is 0 Å². The Morgan fingerprint density at radius 1 is 0.455 bits per heavy atom. The van der Waals surface area contributed by atoms with Crippen molar-refractivity contribution < 1.29 is 74.9 Å². The number of hydrogen-bond acceptors (Lipinski definition) is 19. The first-order chi connectivity index (χ1) is 30.6. The molecule has 30 heteroatoms. The minimum Gasteiger partial charge on any atom is -0.505 e. The zero-order valence-electron chi connectivity index (χ0n) is 32.2. The third kappa shape index (κ3) is 11.4. The smallest absolute Gasteiger partial charge is 0.296 e. The molecule has 0 aliphatic heterocycles. The van der Waals surface area contributed by atoms with E-state index < -0.39 is 103 Å². The molecule has 6 aromatic rings. The van der Waals surface area contributed by atoms with Gasteiger partial charge in [0.1, 0.15) is 31.0 Å². The summed E-state index contributed by atoms with van der Waals surface area (Å²) in [5.74, 6) is -0.898. The molecule has 25 nitrogen and oxygen atoms in total. The maximum atomic E-state index is 12.5. The first kappa shape index (κ1) is 48.3. The highest BCUT2D eigenvalue weighted by Crippen LogP contribution is 2.43. The fourth-order valence-corrected chi connectivity index (χ4v) is 8.88. The van der Waals surface area contributed by atoms with Crippen LogP contribution in [0.2, 0.25) is 0 Å². The van der Waals surface area contributed by atoms with E-state index in [-0.39, 0.29) is 44.6 Å². The second-order valence-electron chi connectivity index (χ2n) is 13.1. The van der Waals surface area contributed by atoms with Crippen LogP contribution in [0.5, 0.6) is 5.75 Å². The fourth-order valence-electron chi connectivity index (χ4n) is 5.69. The van der Waals surface area contributed by atoms with Crippen molar-refractivity contribution in [2.75, 3.05) is 0 Å². The number of nitro benzene ring substituents is 1. The average molecular weight is 1000 g/mol. The SMILES string of the molecule is O=[N+]([O-])c1ccc(/C=C/c2ccc(N=Nc3ccc4c(O)c(N=Nc5ccc(N=Nc6ccc(S(=O)(=O)O)cc6)cc5S(=O)(=O)O)c(S(=O)(=O)O)cc4c3)cc2S(=O)(=O)O)c(S(=O)(=O)O)c1. The highest BCUT2D eigenvalue weighted by Gasteiger charge is 2.24. The summed E-state index contributed by atoms with van der Waals surface area (Å²) in [5, 5.41) is 44.9. The molecule has 6 rings (SSSR count). The van der Waals surface area contributed by atoms with Gasteiger partial charge in [0.15, 0.2) is 5.75 Å². The molecule has 0 aliphatic carbocycles. The maximum absolute atomic E-state index is 12.5. The predicted octanol–water partition coefficient (Wildman–Crippen LogP) is 8.10. The van der Waals surface area contributed by atoms with Gasteiger partial charge in [0.25, 0.3) is 56.3 Å². The molecule has 0 bridgehead atoms. The zero-order valence-corrected chi connectivity index (χ0v) is 36.3. The van der Waals surface area contributed by atoms with Crippen LogP contribution < -0.4 is 0 Å². The number of phenols is 1. The highest BCUT2D eigenvalue weighted by atomic mass is 32.2. The van der Waals surface area contributed by atoms with Gasteiger partial charge in [-0.1, -0.05) is 18.2 Å². The number of benzene rings is 6. The Hall–Kier alpha value is -7.13. The van der Waals surface area contributed by atoms with Crippen molar-refractivity contribution in [2.24, 2.45) is 30.7 Å². The van der Waals surface area contributed by atoms with E-state index in [4.69, 9.17) is 4.55 Å². The standard InChI is InChI=1S/C36H25N7O18S5/c44-36-29-13-8-24(38-40-25-5-3-20(31(17-25)63(50,51)52)1-2-21-4-10-27(43(45)46)19-32(21)64(53,54)55)15-22(29)16-34(66(59,60)61)35(36)42-41-30-14-9-26(18-33(30)65(56,57)58)39-37-23-6-11-28(12-7-23)62(47,48)49/h1-19,44H,(H,47,48,49)(H,50,51,52)(H,53,54,55)(H,56,57,58)(H,59,60,61)/b2-1+,39-37?,40-38?,42-41?. The van der Waals surface area contributed by atoms with Crippen molar-refractivity contribution in [1.82, 2.24) is 0 Å². The Morgan fingerprint density at radius 3 is 1.44 bits per heavy atom. The zero-order chi connectivity index (χ0) is 48.6. The second-order valence-corrected chi connectivity index (χ2v) is 20.1. The molecule has 0 aromatic heterocycles. The van der Waals surface area contributed by atoms with Gasteiger partial charge >= 0.3 is 0 Å². The second kappa shape index (κ2) is 18.0. The summed E-state index contributed by atoms with van der Waals surface area (Å²) in [4.78, 5) is 6.19. The highest BCUT2D eigenvalue weighted by molar-refractivity contribution is 7.87. The Morgan fingerprint density at radius 2 is 0.909 bits per heavy atom. The van der Waals surface area contributed by atoms with Gasteiger partial charge in [-0.2, -0.15) is 62.5 Å². The molecule has 0 atom stereocenters. The van der Waals surface area contributed by atoms with Crippen LogP contribution in [-0.2, 0) is 50.6 Å². The van der Waals surface area contributed by atoms with Crippen LogP contribution in [0.4, 0.5) is 39.8 Å². The van der Waals surface area contributed by atoms with E-state index in [1.165, 1.54) is 36.4 Å². The lowest BCUT2D eigenvalue weighted by Crippen LogP contribution is -2.02. The van der Waals surface area contributed by atoms with Gasteiger partial charge in [-0.05, 0) is 101 Å². The number of nitrogens with zero attached hydrogens (tertiary/aromatic N) is 7. The average Bonchev–Trinajstić information content (AvgIpc) is 3.22. The van der Waals surface area contributed by atoms with Gasteiger partial charge in [0.2, 0.25) is 0 Å². The van der Waals surface area contributed by atoms with E-state index in [0.29, 0.717) is 6.07 Å². The number of phenolic OH excluding ortho intramolecular Hbond substituents is 1. The number of fused-ring (bicyclic) bond motifs is 1. The molecule has 0 saturated carbocycles. The summed E-state index contributed by atoms with van der Waals surface area (Å²) in [6.07, 6.45) is 2.03. The van der Waals surface area contributed by atoms with E-state index in [1.807, 2.05) is 0 Å². The quantitative estimate of drug-likeness (QED) is 0.0197. The molecule has 66 heavy (non-hydrogen) atoms. The van der Waals surface area contributed by atoms with E-state index >= 15 is 0 Å². The molecule has 0 amide bonds. The van der Waals surface area contributed by atoms with Crippen LogP contribution in [0.15, 0.2) is 158 Å². The molecule has 0 aliphatic rings. The number of rotatable bonds is 14. The van der Waals surface area contributed by atoms with Gasteiger partial charge in [-0.25, -0.2) is 0 Å². The van der Waals surface area contributed by atoms with E-state index in [2.05, 4.69) is 30.7 Å². The van der Waals surface area contributed by atoms with Gasteiger partial charge in [0, 0.05) is 17.5 Å². The number of aromatic hydroxyl groups is 1. The molecule has 6 N–H and O–H groups in total. The van der Waals surface area contributed by atoms with Crippen LogP contribution in [0, 0.1) is 10.1 Å². The third-order valence-electron chi connectivity index (χ3n) is 8.69. The van der Waals surface area contributed by atoms with Crippen LogP contribution in [0.3, 0.4) is 0 Å². The summed E-state index contributed by atoms with van der Waals surface area (Å²) in [6, 6.07) is 17.4. The number of azo groups is 3. The number of hydrogen-bond donors (Lipinski definition) is 6.